The lowest BCUT2D eigenvalue weighted by Crippen LogP contribution is -2.46. The zero-order valence-electron chi connectivity index (χ0n) is 15.7. The van der Waals surface area contributed by atoms with Crippen molar-refractivity contribution in [3.8, 4) is 0 Å². The van der Waals surface area contributed by atoms with Gasteiger partial charge in [0, 0.05) is 19.6 Å². The molecule has 2 aliphatic heterocycles. The Kier molecular flexibility index (Phi) is 5.01. The number of ether oxygens (including phenoxy) is 1. The molecule has 7 nitrogen and oxygen atoms in total. The Labute approximate surface area is 158 Å². The highest BCUT2D eigenvalue weighted by Crippen LogP contribution is 2.34. The van der Waals surface area contributed by atoms with Gasteiger partial charge in [0.25, 0.3) is 0 Å². The van der Waals surface area contributed by atoms with Crippen molar-refractivity contribution >= 4 is 23.0 Å². The van der Waals surface area contributed by atoms with Crippen LogP contribution in [-0.2, 0) is 9.53 Å². The van der Waals surface area contributed by atoms with Gasteiger partial charge in [-0.25, -0.2) is 9.78 Å². The van der Waals surface area contributed by atoms with Crippen molar-refractivity contribution < 1.29 is 14.3 Å². The minimum absolute atomic E-state index is 0.0112. The molecule has 0 saturated carbocycles. The summed E-state index contributed by atoms with van der Waals surface area (Å²) in [5.41, 5.74) is 1.93. The first-order valence-electron chi connectivity index (χ1n) is 9.84. The molecule has 7 heteroatoms. The van der Waals surface area contributed by atoms with E-state index in [0.29, 0.717) is 19.7 Å². The number of nitrogens with one attached hydrogen (secondary N) is 1. The third-order valence-corrected chi connectivity index (χ3v) is 5.56. The van der Waals surface area contributed by atoms with Crippen LogP contribution in [-0.4, -0.2) is 58.0 Å². The molecule has 2 aromatic rings. The van der Waals surface area contributed by atoms with E-state index in [4.69, 9.17) is 9.72 Å². The Morgan fingerprint density at radius 3 is 2.85 bits per heavy atom. The van der Waals surface area contributed by atoms with Crippen LogP contribution in [0.25, 0.3) is 11.0 Å². The second-order valence-electron chi connectivity index (χ2n) is 7.31. The van der Waals surface area contributed by atoms with Gasteiger partial charge in [0.05, 0.1) is 29.6 Å². The number of aromatic amines is 1. The maximum absolute atomic E-state index is 13.2. The highest BCUT2D eigenvalue weighted by molar-refractivity contribution is 5.81. The first kappa shape index (κ1) is 17.8. The van der Waals surface area contributed by atoms with Gasteiger partial charge in [0.2, 0.25) is 5.91 Å². The second kappa shape index (κ2) is 7.58. The first-order chi connectivity index (χ1) is 13.2. The van der Waals surface area contributed by atoms with Gasteiger partial charge in [0.1, 0.15) is 5.82 Å². The predicted molar refractivity (Wildman–Crippen MR) is 101 cm³/mol. The number of para-hydroxylation sites is 2. The summed E-state index contributed by atoms with van der Waals surface area (Å²) in [6, 6.07) is 7.92. The van der Waals surface area contributed by atoms with E-state index >= 15 is 0 Å². The Balaban J connectivity index is 1.49. The van der Waals surface area contributed by atoms with E-state index in [1.807, 2.05) is 29.2 Å². The number of nitrogens with zero attached hydrogens (tertiary/aromatic N) is 3. The van der Waals surface area contributed by atoms with Crippen molar-refractivity contribution in [3.05, 3.63) is 30.1 Å². The van der Waals surface area contributed by atoms with Crippen LogP contribution in [0, 0.1) is 5.92 Å². The Bertz CT molecular complexity index is 800. The summed E-state index contributed by atoms with van der Waals surface area (Å²) in [6.07, 6.45) is 3.23. The number of rotatable bonds is 3. The highest BCUT2D eigenvalue weighted by Gasteiger charge is 2.38. The highest BCUT2D eigenvalue weighted by atomic mass is 16.6. The minimum Gasteiger partial charge on any atom is -0.450 e. The number of likely N-dealkylation sites (tertiary alicyclic amines) is 2. The Hall–Kier alpha value is -2.57. The van der Waals surface area contributed by atoms with Crippen molar-refractivity contribution in [2.24, 2.45) is 5.92 Å². The number of aromatic nitrogens is 2. The molecule has 2 aliphatic rings. The molecule has 27 heavy (non-hydrogen) atoms. The van der Waals surface area contributed by atoms with Crippen molar-refractivity contribution in [1.82, 2.24) is 19.8 Å². The molecule has 0 bridgehead atoms. The number of H-pyrrole nitrogens is 1. The topological polar surface area (TPSA) is 78.5 Å². The molecule has 0 spiro atoms. The van der Waals surface area contributed by atoms with Crippen LogP contribution in [0.4, 0.5) is 4.79 Å². The number of fused-ring (bicyclic) bond motifs is 1. The van der Waals surface area contributed by atoms with E-state index in [2.05, 4.69) is 4.98 Å². The molecule has 2 saturated heterocycles. The number of carbonyl (C=O) groups excluding carboxylic acids is 2. The van der Waals surface area contributed by atoms with Crippen LogP contribution in [0.15, 0.2) is 24.3 Å². The summed E-state index contributed by atoms with van der Waals surface area (Å²) in [7, 11) is 0. The maximum Gasteiger partial charge on any atom is 0.409 e. The molecule has 2 unspecified atom stereocenters. The van der Waals surface area contributed by atoms with Crippen LogP contribution in [0.5, 0.6) is 0 Å². The van der Waals surface area contributed by atoms with Crippen molar-refractivity contribution in [3.63, 3.8) is 0 Å². The van der Waals surface area contributed by atoms with Crippen molar-refractivity contribution in [1.29, 1.82) is 0 Å². The van der Waals surface area contributed by atoms with Gasteiger partial charge in [0.15, 0.2) is 0 Å². The molecule has 0 radical (unpaired) electrons. The van der Waals surface area contributed by atoms with E-state index < -0.39 is 0 Å². The van der Waals surface area contributed by atoms with Crippen molar-refractivity contribution in [2.75, 3.05) is 26.2 Å². The molecule has 2 fully saturated rings. The molecule has 2 amide bonds. The average Bonchev–Trinajstić information content (AvgIpc) is 3.34. The van der Waals surface area contributed by atoms with Crippen LogP contribution >= 0.6 is 0 Å². The summed E-state index contributed by atoms with van der Waals surface area (Å²) in [5.74, 6) is 0.834. The lowest BCUT2D eigenvalue weighted by molar-refractivity contribution is -0.138. The van der Waals surface area contributed by atoms with Gasteiger partial charge in [-0.1, -0.05) is 12.1 Å². The number of amides is 2. The first-order valence-corrected chi connectivity index (χ1v) is 9.84. The summed E-state index contributed by atoms with van der Waals surface area (Å²) >= 11 is 0. The van der Waals surface area contributed by atoms with Gasteiger partial charge in [-0.2, -0.15) is 0 Å². The third kappa shape index (κ3) is 3.50. The fraction of sp³-hybridized carbons (Fsp3) is 0.550. The Morgan fingerprint density at radius 2 is 2.04 bits per heavy atom. The molecule has 144 valence electrons. The molecule has 2 atom stereocenters. The minimum atomic E-state index is -0.315. The third-order valence-electron chi connectivity index (χ3n) is 5.56. The van der Waals surface area contributed by atoms with E-state index in [-0.39, 0.29) is 24.0 Å². The van der Waals surface area contributed by atoms with Crippen LogP contribution in [0.3, 0.4) is 0 Å². The van der Waals surface area contributed by atoms with Gasteiger partial charge >= 0.3 is 6.09 Å². The van der Waals surface area contributed by atoms with Gasteiger partial charge < -0.3 is 19.5 Å². The Morgan fingerprint density at radius 1 is 1.22 bits per heavy atom. The maximum atomic E-state index is 13.2. The molecule has 1 aromatic carbocycles. The van der Waals surface area contributed by atoms with Gasteiger partial charge in [-0.3, -0.25) is 4.79 Å². The van der Waals surface area contributed by atoms with E-state index in [9.17, 15) is 9.59 Å². The van der Waals surface area contributed by atoms with Crippen LogP contribution < -0.4 is 0 Å². The second-order valence-corrected chi connectivity index (χ2v) is 7.31. The summed E-state index contributed by atoms with van der Waals surface area (Å²) in [5, 5.41) is 0. The predicted octanol–water partition coefficient (Wildman–Crippen LogP) is 3.09. The monoisotopic (exact) mass is 370 g/mol. The summed E-state index contributed by atoms with van der Waals surface area (Å²) in [6.45, 7) is 4.01. The molecular weight excluding hydrogens is 344 g/mol. The van der Waals surface area contributed by atoms with E-state index in [0.717, 1.165) is 49.1 Å². The zero-order chi connectivity index (χ0) is 18.8. The van der Waals surface area contributed by atoms with Crippen LogP contribution in [0.1, 0.15) is 44.5 Å². The van der Waals surface area contributed by atoms with Gasteiger partial charge in [-0.15, -0.1) is 0 Å². The lowest BCUT2D eigenvalue weighted by Gasteiger charge is -2.34. The number of imidazole rings is 1. The number of piperidine rings is 1. The lowest BCUT2D eigenvalue weighted by atomic mass is 9.96. The summed E-state index contributed by atoms with van der Waals surface area (Å²) < 4.78 is 5.11. The normalized spacial score (nSPS) is 23.0. The fourth-order valence-corrected chi connectivity index (χ4v) is 4.24. The van der Waals surface area contributed by atoms with E-state index in [1.165, 1.54) is 0 Å². The number of carbonyl (C=O) groups is 2. The van der Waals surface area contributed by atoms with E-state index in [1.54, 1.807) is 11.8 Å². The fourth-order valence-electron chi connectivity index (χ4n) is 4.24. The molecule has 0 aliphatic carbocycles. The quantitative estimate of drug-likeness (QED) is 0.900. The smallest absolute Gasteiger partial charge is 0.409 e. The van der Waals surface area contributed by atoms with Crippen LogP contribution in [0.2, 0.25) is 0 Å². The standard InChI is InChI=1S/C20H26N4O3/c1-2-27-20(26)23-11-5-7-14(13-23)19(25)24-12-6-10-17(24)18-21-15-8-3-4-9-16(15)22-18/h3-4,8-9,14,17H,2,5-7,10-13H2,1H3,(H,21,22). The number of benzene rings is 1. The molecule has 1 N–H and O–H groups in total. The SMILES string of the molecule is CCOC(=O)N1CCCC(C(=O)N2CCCC2c2nc3ccccc3[nH]2)C1. The number of hydrogen-bond acceptors (Lipinski definition) is 4. The van der Waals surface area contributed by atoms with Crippen molar-refractivity contribution in [2.45, 2.75) is 38.6 Å². The zero-order valence-corrected chi connectivity index (χ0v) is 15.7. The summed E-state index contributed by atoms with van der Waals surface area (Å²) in [4.78, 5) is 37.0. The molecule has 4 rings (SSSR count). The number of hydrogen-bond donors (Lipinski definition) is 1. The molecular formula is C20H26N4O3. The molecule has 3 heterocycles. The molecule has 1 aromatic heterocycles. The average molecular weight is 370 g/mol. The van der Waals surface area contributed by atoms with Gasteiger partial charge in [-0.05, 0) is 44.7 Å². The largest absolute Gasteiger partial charge is 0.450 e.